The molecule has 128 valence electrons. The molecule has 0 radical (unpaired) electrons. The number of hydrogen-bond donors (Lipinski definition) is 0. The van der Waals surface area contributed by atoms with Crippen LogP contribution in [0.25, 0.3) is 0 Å². The molecule has 5 nitrogen and oxygen atoms in total. The largest absolute Gasteiger partial charge is 0.473 e. The van der Waals surface area contributed by atoms with Crippen molar-refractivity contribution < 1.29 is 21.9 Å². The van der Waals surface area contributed by atoms with Crippen LogP contribution in [0.2, 0.25) is 0 Å². The standard InChI is InChI=1S/C16H16F2N2O3S/c1-11-5-6-15(19-9-11)23-12-7-8-20(10-12)24(21,22)16-13(17)3-2-4-14(16)18/h2-6,9,12H,7-8,10H2,1H3. The fraction of sp³-hybridized carbons (Fsp3) is 0.312. The molecule has 2 aromatic rings. The Morgan fingerprint density at radius 2 is 1.92 bits per heavy atom. The number of pyridine rings is 1. The smallest absolute Gasteiger partial charge is 0.249 e. The number of sulfonamides is 1. The molecule has 2 heterocycles. The minimum Gasteiger partial charge on any atom is -0.473 e. The average molecular weight is 354 g/mol. The predicted molar refractivity (Wildman–Crippen MR) is 83.1 cm³/mol. The summed E-state index contributed by atoms with van der Waals surface area (Å²) < 4.78 is 59.3. The molecule has 1 aromatic heterocycles. The third-order valence-electron chi connectivity index (χ3n) is 3.80. The number of nitrogens with zero attached hydrogens (tertiary/aromatic N) is 2. The Morgan fingerprint density at radius 1 is 1.21 bits per heavy atom. The molecular weight excluding hydrogens is 338 g/mol. The van der Waals surface area contributed by atoms with Gasteiger partial charge in [-0.3, -0.25) is 0 Å². The van der Waals surface area contributed by atoms with Crippen LogP contribution >= 0.6 is 0 Å². The SMILES string of the molecule is Cc1ccc(OC2CCN(S(=O)(=O)c3c(F)cccc3F)C2)nc1. The second-order valence-corrected chi connectivity index (χ2v) is 7.49. The highest BCUT2D eigenvalue weighted by atomic mass is 32.2. The molecule has 1 aliphatic heterocycles. The van der Waals surface area contributed by atoms with Gasteiger partial charge in [-0.1, -0.05) is 12.1 Å². The number of rotatable bonds is 4. The van der Waals surface area contributed by atoms with Crippen LogP contribution < -0.4 is 4.74 Å². The summed E-state index contributed by atoms with van der Waals surface area (Å²) in [5.74, 6) is -1.80. The van der Waals surface area contributed by atoms with Crippen molar-refractivity contribution in [1.29, 1.82) is 0 Å². The molecular formula is C16H16F2N2O3S. The van der Waals surface area contributed by atoms with Crippen LogP contribution in [0, 0.1) is 18.6 Å². The summed E-state index contributed by atoms with van der Waals surface area (Å²) in [6, 6.07) is 6.51. The van der Waals surface area contributed by atoms with E-state index >= 15 is 0 Å². The average Bonchev–Trinajstić information content (AvgIpc) is 2.98. The molecule has 3 rings (SSSR count). The third-order valence-corrected chi connectivity index (χ3v) is 5.71. The Kier molecular flexibility index (Phi) is 4.51. The van der Waals surface area contributed by atoms with Gasteiger partial charge < -0.3 is 4.74 Å². The maximum Gasteiger partial charge on any atom is 0.249 e. The Bertz CT molecular complexity index is 821. The van der Waals surface area contributed by atoms with E-state index in [1.165, 1.54) is 0 Å². The van der Waals surface area contributed by atoms with Crippen molar-refractivity contribution in [1.82, 2.24) is 9.29 Å². The monoisotopic (exact) mass is 354 g/mol. The number of aryl methyl sites for hydroxylation is 1. The lowest BCUT2D eigenvalue weighted by atomic mass is 10.3. The second kappa shape index (κ2) is 6.45. The van der Waals surface area contributed by atoms with Gasteiger partial charge >= 0.3 is 0 Å². The predicted octanol–water partition coefficient (Wildman–Crippen LogP) is 2.51. The molecule has 8 heteroatoms. The first-order valence-corrected chi connectivity index (χ1v) is 8.85. The van der Waals surface area contributed by atoms with Gasteiger partial charge in [-0.25, -0.2) is 22.2 Å². The van der Waals surface area contributed by atoms with E-state index in [-0.39, 0.29) is 13.1 Å². The molecule has 0 saturated carbocycles. The lowest BCUT2D eigenvalue weighted by molar-refractivity contribution is 0.207. The quantitative estimate of drug-likeness (QED) is 0.847. The summed E-state index contributed by atoms with van der Waals surface area (Å²) in [4.78, 5) is 3.19. The highest BCUT2D eigenvalue weighted by molar-refractivity contribution is 7.89. The normalized spacial score (nSPS) is 18.7. The van der Waals surface area contributed by atoms with E-state index in [1.54, 1.807) is 12.3 Å². The van der Waals surface area contributed by atoms with Crippen molar-refractivity contribution in [2.24, 2.45) is 0 Å². The lowest BCUT2D eigenvalue weighted by Crippen LogP contribution is -2.32. The Hall–Kier alpha value is -2.06. The van der Waals surface area contributed by atoms with E-state index in [0.29, 0.717) is 12.3 Å². The summed E-state index contributed by atoms with van der Waals surface area (Å²) >= 11 is 0. The minimum absolute atomic E-state index is 0.0195. The molecule has 1 aliphatic rings. The summed E-state index contributed by atoms with van der Waals surface area (Å²) in [7, 11) is -4.25. The molecule has 0 bridgehead atoms. The van der Waals surface area contributed by atoms with Gasteiger partial charge in [-0.15, -0.1) is 0 Å². The molecule has 0 N–H and O–H groups in total. The van der Waals surface area contributed by atoms with E-state index in [2.05, 4.69) is 4.98 Å². The first kappa shape index (κ1) is 16.8. The Balaban J connectivity index is 1.76. The summed E-state index contributed by atoms with van der Waals surface area (Å²) in [5.41, 5.74) is 0.980. The summed E-state index contributed by atoms with van der Waals surface area (Å²) in [6.45, 7) is 2.04. The maximum atomic E-state index is 13.8. The number of ether oxygens (including phenoxy) is 1. The van der Waals surface area contributed by atoms with Gasteiger partial charge in [-0.05, 0) is 31.0 Å². The zero-order chi connectivity index (χ0) is 17.3. The minimum atomic E-state index is -4.25. The van der Waals surface area contributed by atoms with Crippen LogP contribution in [0.3, 0.4) is 0 Å². The van der Waals surface area contributed by atoms with Crippen molar-refractivity contribution >= 4 is 10.0 Å². The first-order valence-electron chi connectivity index (χ1n) is 7.41. The zero-order valence-corrected chi connectivity index (χ0v) is 13.8. The van der Waals surface area contributed by atoms with Gasteiger partial charge in [0, 0.05) is 18.8 Å². The van der Waals surface area contributed by atoms with Crippen LogP contribution in [-0.2, 0) is 10.0 Å². The lowest BCUT2D eigenvalue weighted by Gasteiger charge is -2.17. The number of halogens is 2. The van der Waals surface area contributed by atoms with E-state index < -0.39 is 32.7 Å². The fourth-order valence-electron chi connectivity index (χ4n) is 2.56. The molecule has 1 fully saturated rings. The molecule has 0 spiro atoms. The van der Waals surface area contributed by atoms with Crippen molar-refractivity contribution in [2.45, 2.75) is 24.3 Å². The van der Waals surface area contributed by atoms with Crippen LogP contribution in [0.5, 0.6) is 5.88 Å². The van der Waals surface area contributed by atoms with Gasteiger partial charge in [0.05, 0.1) is 6.54 Å². The second-order valence-electron chi connectivity index (χ2n) is 5.62. The van der Waals surface area contributed by atoms with Crippen molar-refractivity contribution in [3.63, 3.8) is 0 Å². The fourth-order valence-corrected chi connectivity index (χ4v) is 4.16. The summed E-state index contributed by atoms with van der Waals surface area (Å²) in [6.07, 6.45) is 1.66. The van der Waals surface area contributed by atoms with Crippen molar-refractivity contribution in [2.75, 3.05) is 13.1 Å². The first-order chi connectivity index (χ1) is 11.4. The molecule has 1 saturated heterocycles. The molecule has 1 atom stereocenters. The Morgan fingerprint density at radius 3 is 2.54 bits per heavy atom. The van der Waals surface area contributed by atoms with Gasteiger partial charge in [0.25, 0.3) is 0 Å². The highest BCUT2D eigenvalue weighted by Crippen LogP contribution is 2.27. The van der Waals surface area contributed by atoms with E-state index in [0.717, 1.165) is 28.1 Å². The van der Waals surface area contributed by atoms with Crippen molar-refractivity contribution in [3.05, 3.63) is 53.7 Å². The number of hydrogen-bond acceptors (Lipinski definition) is 4. The Labute approximate surface area is 138 Å². The van der Waals surface area contributed by atoms with E-state index in [9.17, 15) is 17.2 Å². The van der Waals surface area contributed by atoms with Gasteiger partial charge in [0.2, 0.25) is 15.9 Å². The highest BCUT2D eigenvalue weighted by Gasteiger charge is 2.37. The molecule has 1 unspecified atom stereocenters. The molecule has 1 aromatic carbocycles. The van der Waals surface area contributed by atoms with E-state index in [1.807, 2.05) is 13.0 Å². The molecule has 24 heavy (non-hydrogen) atoms. The van der Waals surface area contributed by atoms with Gasteiger partial charge in [-0.2, -0.15) is 4.31 Å². The van der Waals surface area contributed by atoms with Crippen molar-refractivity contribution in [3.8, 4) is 5.88 Å². The molecule has 0 aliphatic carbocycles. The van der Waals surface area contributed by atoms with Crippen LogP contribution in [0.15, 0.2) is 41.4 Å². The van der Waals surface area contributed by atoms with Crippen LogP contribution in [0.4, 0.5) is 8.78 Å². The van der Waals surface area contributed by atoms with Crippen LogP contribution in [-0.4, -0.2) is 36.9 Å². The topological polar surface area (TPSA) is 59.5 Å². The molecule has 0 amide bonds. The maximum absolute atomic E-state index is 13.8. The zero-order valence-electron chi connectivity index (χ0n) is 12.9. The van der Waals surface area contributed by atoms with Crippen LogP contribution in [0.1, 0.15) is 12.0 Å². The van der Waals surface area contributed by atoms with E-state index in [4.69, 9.17) is 4.74 Å². The number of aromatic nitrogens is 1. The van der Waals surface area contributed by atoms with Gasteiger partial charge in [0.15, 0.2) is 4.90 Å². The van der Waals surface area contributed by atoms with Gasteiger partial charge in [0.1, 0.15) is 17.7 Å². The third kappa shape index (κ3) is 3.25. The number of benzene rings is 1. The summed E-state index contributed by atoms with van der Waals surface area (Å²) in [5, 5.41) is 0.